The van der Waals surface area contributed by atoms with E-state index in [4.69, 9.17) is 9.40 Å². The lowest BCUT2D eigenvalue weighted by atomic mass is 10.2. The number of nitrogens with zero attached hydrogens (tertiary/aromatic N) is 3. The highest BCUT2D eigenvalue weighted by molar-refractivity contribution is 5.73. The summed E-state index contributed by atoms with van der Waals surface area (Å²) in [7, 11) is 0. The van der Waals surface area contributed by atoms with Gasteiger partial charge in [-0.15, -0.1) is 0 Å². The third-order valence-electron chi connectivity index (χ3n) is 3.76. The average Bonchev–Trinajstić information content (AvgIpc) is 3.16. The van der Waals surface area contributed by atoms with Gasteiger partial charge in [-0.1, -0.05) is 0 Å². The van der Waals surface area contributed by atoms with Crippen molar-refractivity contribution >= 4 is 11.2 Å². The Morgan fingerprint density at radius 2 is 2.30 bits per heavy atom. The second-order valence-corrected chi connectivity index (χ2v) is 5.18. The van der Waals surface area contributed by atoms with Gasteiger partial charge in [0.15, 0.2) is 5.65 Å². The maximum atomic E-state index is 5.79. The van der Waals surface area contributed by atoms with Gasteiger partial charge < -0.3 is 9.73 Å². The Hall–Kier alpha value is -2.14. The first-order valence-electron chi connectivity index (χ1n) is 6.96. The van der Waals surface area contributed by atoms with Gasteiger partial charge in [0.25, 0.3) is 0 Å². The van der Waals surface area contributed by atoms with Crippen LogP contribution in [0.2, 0.25) is 0 Å². The first kappa shape index (κ1) is 11.7. The third-order valence-corrected chi connectivity index (χ3v) is 3.76. The molecule has 1 atom stereocenters. The Morgan fingerprint density at radius 3 is 3.05 bits per heavy atom. The molecule has 0 aliphatic carbocycles. The van der Waals surface area contributed by atoms with E-state index in [1.54, 1.807) is 6.20 Å². The Morgan fingerprint density at radius 1 is 1.35 bits per heavy atom. The zero-order valence-corrected chi connectivity index (χ0v) is 11.3. The lowest BCUT2D eigenvalue weighted by Gasteiger charge is -2.11. The van der Waals surface area contributed by atoms with Crippen molar-refractivity contribution in [1.82, 2.24) is 19.9 Å². The number of rotatable bonds is 2. The Kier molecular flexibility index (Phi) is 2.60. The van der Waals surface area contributed by atoms with Gasteiger partial charge in [0, 0.05) is 12.3 Å². The molecule has 1 aliphatic rings. The summed E-state index contributed by atoms with van der Waals surface area (Å²) in [6.07, 6.45) is 4.07. The fraction of sp³-hybridized carbons (Fsp3) is 0.333. The van der Waals surface area contributed by atoms with E-state index < -0.39 is 0 Å². The minimum Gasteiger partial charge on any atom is -0.445 e. The molecule has 5 heteroatoms. The molecule has 1 unspecified atom stereocenters. The molecule has 0 amide bonds. The van der Waals surface area contributed by atoms with Crippen LogP contribution >= 0.6 is 0 Å². The van der Waals surface area contributed by atoms with Crippen LogP contribution in [0.15, 0.2) is 34.9 Å². The monoisotopic (exact) mass is 268 g/mol. The van der Waals surface area contributed by atoms with Crippen LogP contribution in [-0.2, 0) is 0 Å². The predicted octanol–water partition coefficient (Wildman–Crippen LogP) is 2.75. The molecule has 3 aromatic heterocycles. The number of imidazole rings is 1. The van der Waals surface area contributed by atoms with E-state index >= 15 is 0 Å². The Balaban J connectivity index is 1.97. The molecule has 3 aromatic rings. The number of pyridine rings is 1. The molecular weight excluding hydrogens is 252 g/mol. The molecule has 4 rings (SSSR count). The molecule has 20 heavy (non-hydrogen) atoms. The van der Waals surface area contributed by atoms with E-state index in [2.05, 4.69) is 10.3 Å². The van der Waals surface area contributed by atoms with Crippen molar-refractivity contribution < 1.29 is 4.42 Å². The normalized spacial score (nSPS) is 18.9. The van der Waals surface area contributed by atoms with Crippen molar-refractivity contribution in [1.29, 1.82) is 0 Å². The van der Waals surface area contributed by atoms with Gasteiger partial charge in [-0.3, -0.25) is 0 Å². The van der Waals surface area contributed by atoms with Crippen molar-refractivity contribution in [2.24, 2.45) is 0 Å². The molecule has 0 spiro atoms. The summed E-state index contributed by atoms with van der Waals surface area (Å²) in [4.78, 5) is 9.23. The number of aromatic nitrogens is 3. The summed E-state index contributed by atoms with van der Waals surface area (Å²) in [6.45, 7) is 2.99. The highest BCUT2D eigenvalue weighted by Gasteiger charge is 2.25. The van der Waals surface area contributed by atoms with Crippen LogP contribution in [0.25, 0.3) is 17.0 Å². The zero-order valence-electron chi connectivity index (χ0n) is 11.3. The Bertz CT molecular complexity index is 752. The van der Waals surface area contributed by atoms with Gasteiger partial charge in [0.05, 0.1) is 6.04 Å². The Labute approximate surface area is 116 Å². The van der Waals surface area contributed by atoms with Gasteiger partial charge in [-0.25, -0.2) is 14.5 Å². The molecule has 5 nitrogen and oxygen atoms in total. The number of fused-ring (bicyclic) bond motifs is 1. The summed E-state index contributed by atoms with van der Waals surface area (Å²) in [5.41, 5.74) is 1.76. The molecular formula is C15H16N4O. The molecule has 102 valence electrons. The van der Waals surface area contributed by atoms with Crippen molar-refractivity contribution in [3.63, 3.8) is 0 Å². The van der Waals surface area contributed by atoms with Crippen molar-refractivity contribution in [2.45, 2.75) is 25.8 Å². The predicted molar refractivity (Wildman–Crippen MR) is 75.8 cm³/mol. The van der Waals surface area contributed by atoms with E-state index in [0.717, 1.165) is 41.6 Å². The van der Waals surface area contributed by atoms with E-state index in [1.807, 2.05) is 35.8 Å². The summed E-state index contributed by atoms with van der Waals surface area (Å²) in [5, 5.41) is 3.50. The van der Waals surface area contributed by atoms with E-state index in [-0.39, 0.29) is 6.04 Å². The largest absolute Gasteiger partial charge is 0.445 e. The van der Waals surface area contributed by atoms with Crippen LogP contribution in [0, 0.1) is 6.92 Å². The molecule has 0 aromatic carbocycles. The summed E-state index contributed by atoms with van der Waals surface area (Å²) >= 11 is 0. The van der Waals surface area contributed by atoms with Gasteiger partial charge in [-0.05, 0) is 44.5 Å². The first-order chi connectivity index (χ1) is 9.83. The summed E-state index contributed by atoms with van der Waals surface area (Å²) in [5.74, 6) is 2.67. The lowest BCUT2D eigenvalue weighted by Crippen LogP contribution is -2.17. The number of aryl methyl sites for hydroxylation is 1. The zero-order chi connectivity index (χ0) is 13.5. The first-order valence-corrected chi connectivity index (χ1v) is 6.96. The van der Waals surface area contributed by atoms with Gasteiger partial charge >= 0.3 is 0 Å². The molecule has 1 fully saturated rings. The summed E-state index contributed by atoms with van der Waals surface area (Å²) in [6, 6.07) is 8.13. The van der Waals surface area contributed by atoms with Crippen LogP contribution in [0.4, 0.5) is 0 Å². The standard InChI is InChI=1S/C15H16N4O/c1-10-6-7-13(20-10)19-14-12(5-3-9-17-14)18-15(19)11-4-2-8-16-11/h3,5-7,9,11,16H,2,4,8H2,1H3. The smallest absolute Gasteiger partial charge is 0.206 e. The summed E-state index contributed by atoms with van der Waals surface area (Å²) < 4.78 is 7.82. The third kappa shape index (κ3) is 1.74. The van der Waals surface area contributed by atoms with E-state index in [9.17, 15) is 0 Å². The van der Waals surface area contributed by atoms with Crippen LogP contribution in [0.3, 0.4) is 0 Å². The SMILES string of the molecule is Cc1ccc(-n2c(C3CCCN3)nc3cccnc32)o1. The molecule has 0 bridgehead atoms. The van der Waals surface area contributed by atoms with Crippen LogP contribution < -0.4 is 5.32 Å². The average molecular weight is 268 g/mol. The molecule has 1 saturated heterocycles. The molecule has 4 heterocycles. The van der Waals surface area contributed by atoms with Crippen LogP contribution in [0.5, 0.6) is 0 Å². The highest BCUT2D eigenvalue weighted by atomic mass is 16.4. The topological polar surface area (TPSA) is 55.9 Å². The number of nitrogens with one attached hydrogen (secondary N) is 1. The van der Waals surface area contributed by atoms with E-state index in [0.29, 0.717) is 0 Å². The molecule has 1 aliphatic heterocycles. The minimum atomic E-state index is 0.273. The number of hydrogen-bond acceptors (Lipinski definition) is 4. The molecule has 1 N–H and O–H groups in total. The number of hydrogen-bond donors (Lipinski definition) is 1. The van der Waals surface area contributed by atoms with Crippen molar-refractivity contribution in [3.8, 4) is 5.88 Å². The fourth-order valence-corrected chi connectivity index (χ4v) is 2.83. The van der Waals surface area contributed by atoms with Crippen molar-refractivity contribution in [3.05, 3.63) is 42.0 Å². The van der Waals surface area contributed by atoms with E-state index in [1.165, 1.54) is 6.42 Å². The fourth-order valence-electron chi connectivity index (χ4n) is 2.83. The van der Waals surface area contributed by atoms with Gasteiger partial charge in [0.2, 0.25) is 5.88 Å². The van der Waals surface area contributed by atoms with Crippen molar-refractivity contribution in [2.75, 3.05) is 6.54 Å². The quantitative estimate of drug-likeness (QED) is 0.776. The highest BCUT2D eigenvalue weighted by Crippen LogP contribution is 2.29. The maximum Gasteiger partial charge on any atom is 0.206 e. The van der Waals surface area contributed by atoms with Crippen LogP contribution in [0.1, 0.15) is 30.5 Å². The maximum absolute atomic E-state index is 5.79. The minimum absolute atomic E-state index is 0.273. The molecule has 0 radical (unpaired) electrons. The lowest BCUT2D eigenvalue weighted by molar-refractivity contribution is 0.495. The second-order valence-electron chi connectivity index (χ2n) is 5.18. The molecule has 0 saturated carbocycles. The van der Waals surface area contributed by atoms with Crippen LogP contribution in [-0.4, -0.2) is 21.1 Å². The number of furan rings is 1. The van der Waals surface area contributed by atoms with Gasteiger partial charge in [0.1, 0.15) is 17.1 Å². The van der Waals surface area contributed by atoms with Gasteiger partial charge in [-0.2, -0.15) is 0 Å². The second kappa shape index (κ2) is 4.45.